The summed E-state index contributed by atoms with van der Waals surface area (Å²) in [7, 11) is 0. The maximum atomic E-state index is 10.2. The highest BCUT2D eigenvalue weighted by molar-refractivity contribution is 5.17. The number of aromatic nitrogens is 1. The lowest BCUT2D eigenvalue weighted by Crippen LogP contribution is -2.37. The van der Waals surface area contributed by atoms with Crippen LogP contribution >= 0.6 is 0 Å². The molecule has 1 aromatic carbocycles. The molecule has 88 valence electrons. The fourth-order valence-electron chi connectivity index (χ4n) is 1.73. The van der Waals surface area contributed by atoms with Crippen LogP contribution in [0.4, 0.5) is 0 Å². The van der Waals surface area contributed by atoms with Gasteiger partial charge in [-0.2, -0.15) is 0 Å². The van der Waals surface area contributed by atoms with Crippen molar-refractivity contribution in [2.45, 2.75) is 18.6 Å². The molecule has 0 radical (unpaired) electrons. The predicted molar refractivity (Wildman–Crippen MR) is 67.1 cm³/mol. The van der Waals surface area contributed by atoms with E-state index in [9.17, 15) is 5.11 Å². The van der Waals surface area contributed by atoms with Crippen molar-refractivity contribution in [1.82, 2.24) is 4.98 Å². The first-order valence-electron chi connectivity index (χ1n) is 5.65. The first kappa shape index (κ1) is 11.8. The Kier molecular flexibility index (Phi) is 3.52. The molecule has 0 bridgehead atoms. The summed E-state index contributed by atoms with van der Waals surface area (Å²) in [6.45, 7) is 0. The Balaban J connectivity index is 2.03. The van der Waals surface area contributed by atoms with E-state index in [0.29, 0.717) is 12.1 Å². The molecule has 0 amide bonds. The first-order chi connectivity index (χ1) is 8.18. The zero-order valence-electron chi connectivity index (χ0n) is 9.58. The van der Waals surface area contributed by atoms with Gasteiger partial charge in [-0.1, -0.05) is 36.4 Å². The van der Waals surface area contributed by atoms with Gasteiger partial charge in [0, 0.05) is 6.20 Å². The van der Waals surface area contributed by atoms with E-state index in [4.69, 9.17) is 5.73 Å². The number of nitrogens with zero attached hydrogens (tertiary/aromatic N) is 1. The molecule has 0 aliphatic heterocycles. The average Bonchev–Trinajstić information content (AvgIpc) is 2.39. The minimum atomic E-state index is -1.36. The summed E-state index contributed by atoms with van der Waals surface area (Å²) in [6, 6.07) is 15.3. The lowest BCUT2D eigenvalue weighted by Gasteiger charge is -2.22. The Morgan fingerprint density at radius 3 is 2.41 bits per heavy atom. The fourth-order valence-corrected chi connectivity index (χ4v) is 1.73. The van der Waals surface area contributed by atoms with Crippen LogP contribution in [-0.4, -0.2) is 10.1 Å². The topological polar surface area (TPSA) is 59.1 Å². The summed E-state index contributed by atoms with van der Waals surface area (Å²) in [5.74, 6) is 0. The monoisotopic (exact) mass is 228 g/mol. The Hall–Kier alpha value is -1.71. The normalized spacial score (nSPS) is 14.2. The Morgan fingerprint density at radius 1 is 1.06 bits per heavy atom. The number of aliphatic hydroxyl groups is 1. The molecule has 2 aromatic rings. The van der Waals surface area contributed by atoms with Gasteiger partial charge < -0.3 is 5.11 Å². The second kappa shape index (κ2) is 5.08. The van der Waals surface area contributed by atoms with Gasteiger partial charge >= 0.3 is 0 Å². The number of nitrogens with two attached hydrogens (primary N) is 1. The van der Waals surface area contributed by atoms with Crippen molar-refractivity contribution in [3.63, 3.8) is 0 Å². The number of hydrogen-bond acceptors (Lipinski definition) is 3. The molecular formula is C14H16N2O. The van der Waals surface area contributed by atoms with Crippen LogP contribution in [0.15, 0.2) is 54.7 Å². The van der Waals surface area contributed by atoms with E-state index in [1.807, 2.05) is 36.4 Å². The molecular weight excluding hydrogens is 212 g/mol. The fraction of sp³-hybridized carbons (Fsp3) is 0.214. The molecule has 3 nitrogen and oxygen atoms in total. The van der Waals surface area contributed by atoms with Crippen LogP contribution in [0, 0.1) is 0 Å². The van der Waals surface area contributed by atoms with Gasteiger partial charge in [0.1, 0.15) is 0 Å². The van der Waals surface area contributed by atoms with Crippen molar-refractivity contribution in [2.24, 2.45) is 5.73 Å². The summed E-state index contributed by atoms with van der Waals surface area (Å²) in [5, 5.41) is 10.2. The molecule has 0 saturated carbocycles. The molecule has 0 spiro atoms. The number of rotatable bonds is 4. The van der Waals surface area contributed by atoms with Gasteiger partial charge in [0.05, 0.1) is 5.69 Å². The van der Waals surface area contributed by atoms with E-state index in [1.165, 1.54) is 0 Å². The Bertz CT molecular complexity index is 454. The summed E-state index contributed by atoms with van der Waals surface area (Å²) in [5.41, 5.74) is 6.18. The maximum absolute atomic E-state index is 10.2. The van der Waals surface area contributed by atoms with E-state index in [-0.39, 0.29) is 0 Å². The number of pyridine rings is 1. The van der Waals surface area contributed by atoms with Crippen molar-refractivity contribution >= 4 is 0 Å². The molecule has 0 fully saturated rings. The van der Waals surface area contributed by atoms with Crippen molar-refractivity contribution in [2.75, 3.05) is 0 Å². The molecule has 17 heavy (non-hydrogen) atoms. The van der Waals surface area contributed by atoms with E-state index in [1.54, 1.807) is 18.3 Å². The quantitative estimate of drug-likeness (QED) is 0.785. The third-order valence-electron chi connectivity index (χ3n) is 2.75. The van der Waals surface area contributed by atoms with Crippen LogP contribution in [0.2, 0.25) is 0 Å². The van der Waals surface area contributed by atoms with Crippen molar-refractivity contribution in [1.29, 1.82) is 0 Å². The Labute approximate surface area is 101 Å². The third-order valence-corrected chi connectivity index (χ3v) is 2.75. The smallest absolute Gasteiger partial charge is 0.156 e. The van der Waals surface area contributed by atoms with Crippen molar-refractivity contribution in [3.8, 4) is 0 Å². The molecule has 1 heterocycles. The lowest BCUT2D eigenvalue weighted by atomic mass is 10.00. The molecule has 1 unspecified atom stereocenters. The molecule has 0 aliphatic rings. The maximum Gasteiger partial charge on any atom is 0.156 e. The van der Waals surface area contributed by atoms with Crippen LogP contribution in [0.5, 0.6) is 0 Å². The minimum absolute atomic E-state index is 0.452. The second-order valence-electron chi connectivity index (χ2n) is 4.12. The Morgan fingerprint density at radius 2 is 1.76 bits per heavy atom. The van der Waals surface area contributed by atoms with Gasteiger partial charge in [0.15, 0.2) is 5.72 Å². The highest BCUT2D eigenvalue weighted by atomic mass is 16.3. The summed E-state index contributed by atoms with van der Waals surface area (Å²) in [4.78, 5) is 4.09. The van der Waals surface area contributed by atoms with Crippen LogP contribution in [0.1, 0.15) is 17.7 Å². The number of aryl methyl sites for hydroxylation is 1. The highest BCUT2D eigenvalue weighted by Gasteiger charge is 2.24. The number of hydrogen-bond donors (Lipinski definition) is 2. The van der Waals surface area contributed by atoms with Crippen molar-refractivity contribution < 1.29 is 5.11 Å². The molecule has 1 atom stereocenters. The van der Waals surface area contributed by atoms with Crippen LogP contribution in [0.25, 0.3) is 0 Å². The third kappa shape index (κ3) is 3.12. The summed E-state index contributed by atoms with van der Waals surface area (Å²) >= 11 is 0. The molecule has 3 N–H and O–H groups in total. The van der Waals surface area contributed by atoms with Crippen LogP contribution in [0.3, 0.4) is 0 Å². The molecule has 0 saturated heterocycles. The molecule has 1 aromatic heterocycles. The minimum Gasteiger partial charge on any atom is -0.370 e. The average molecular weight is 228 g/mol. The van der Waals surface area contributed by atoms with E-state index in [0.717, 1.165) is 12.0 Å². The first-order valence-corrected chi connectivity index (χ1v) is 5.65. The van der Waals surface area contributed by atoms with Gasteiger partial charge in [-0.15, -0.1) is 0 Å². The lowest BCUT2D eigenvalue weighted by molar-refractivity contribution is 0.0301. The highest BCUT2D eigenvalue weighted by Crippen LogP contribution is 2.18. The molecule has 0 aliphatic carbocycles. The molecule has 3 heteroatoms. The largest absolute Gasteiger partial charge is 0.370 e. The van der Waals surface area contributed by atoms with Gasteiger partial charge in [-0.05, 0) is 30.5 Å². The SMILES string of the molecule is NC(O)(CCc1ccccc1)c1ccccn1. The molecule has 2 rings (SSSR count). The zero-order valence-corrected chi connectivity index (χ0v) is 9.58. The van der Waals surface area contributed by atoms with E-state index in [2.05, 4.69) is 4.98 Å². The standard InChI is InChI=1S/C14H16N2O/c15-14(17,13-8-4-5-11-16-13)10-9-12-6-2-1-3-7-12/h1-8,11,17H,9-10,15H2. The van der Waals surface area contributed by atoms with Gasteiger partial charge in [-0.3, -0.25) is 10.7 Å². The number of benzene rings is 1. The van der Waals surface area contributed by atoms with Crippen LogP contribution in [-0.2, 0) is 12.1 Å². The van der Waals surface area contributed by atoms with E-state index < -0.39 is 5.72 Å². The zero-order chi connectivity index (χ0) is 12.1. The second-order valence-corrected chi connectivity index (χ2v) is 4.12. The van der Waals surface area contributed by atoms with E-state index >= 15 is 0 Å². The van der Waals surface area contributed by atoms with Gasteiger partial charge in [0.25, 0.3) is 0 Å². The predicted octanol–water partition coefficient (Wildman–Crippen LogP) is 1.82. The summed E-state index contributed by atoms with van der Waals surface area (Å²) < 4.78 is 0. The van der Waals surface area contributed by atoms with Crippen molar-refractivity contribution in [3.05, 3.63) is 66.0 Å². The summed E-state index contributed by atoms with van der Waals surface area (Å²) in [6.07, 6.45) is 2.81. The van der Waals surface area contributed by atoms with Crippen LogP contribution < -0.4 is 5.73 Å². The van der Waals surface area contributed by atoms with Gasteiger partial charge in [-0.25, -0.2) is 0 Å². The van der Waals surface area contributed by atoms with Gasteiger partial charge in [0.2, 0.25) is 0 Å².